The van der Waals surface area contributed by atoms with Crippen LogP contribution in [0.3, 0.4) is 0 Å². The Labute approximate surface area is 174 Å². The van der Waals surface area contributed by atoms with E-state index in [0.29, 0.717) is 24.7 Å². The van der Waals surface area contributed by atoms with Gasteiger partial charge in [-0.2, -0.15) is 5.10 Å². The first-order chi connectivity index (χ1) is 14.7. The van der Waals surface area contributed by atoms with E-state index in [9.17, 15) is 4.79 Å². The maximum Gasteiger partial charge on any atom is 0.274 e. The van der Waals surface area contributed by atoms with Crippen molar-refractivity contribution in [2.45, 2.75) is 25.7 Å². The number of nitrogens with one attached hydrogen (secondary N) is 1. The van der Waals surface area contributed by atoms with Gasteiger partial charge in [0.2, 0.25) is 0 Å². The lowest BCUT2D eigenvalue weighted by Gasteiger charge is -2.31. The molecule has 0 bridgehead atoms. The minimum absolute atomic E-state index is 0.00214. The van der Waals surface area contributed by atoms with Crippen molar-refractivity contribution in [3.05, 3.63) is 72.2 Å². The Bertz CT molecular complexity index is 1180. The number of pyridine rings is 1. The second kappa shape index (κ2) is 7.67. The summed E-state index contributed by atoms with van der Waals surface area (Å²) in [6.07, 6.45) is 8.76. The van der Waals surface area contributed by atoms with E-state index >= 15 is 0 Å². The number of carbonyl (C=O) groups excluding carboxylic acids is 1. The minimum Gasteiger partial charge on any atom is -0.337 e. The van der Waals surface area contributed by atoms with Gasteiger partial charge >= 0.3 is 0 Å². The molecule has 0 atom stereocenters. The Hall–Kier alpha value is -3.61. The smallest absolute Gasteiger partial charge is 0.274 e. The number of hydrogen-bond donors (Lipinski definition) is 1. The summed E-state index contributed by atoms with van der Waals surface area (Å²) in [5, 5.41) is 8.15. The van der Waals surface area contributed by atoms with Crippen LogP contribution in [-0.2, 0) is 0 Å². The average Bonchev–Trinajstić information content (AvgIpc) is 3.22. The fraction of sp³-hybridized carbons (Fsp3) is 0.261. The maximum absolute atomic E-state index is 13.0. The van der Waals surface area contributed by atoms with Crippen molar-refractivity contribution in [1.82, 2.24) is 30.0 Å². The topological polar surface area (TPSA) is 87.7 Å². The van der Waals surface area contributed by atoms with E-state index in [0.717, 1.165) is 46.1 Å². The van der Waals surface area contributed by atoms with Crippen molar-refractivity contribution in [3.63, 3.8) is 0 Å². The summed E-state index contributed by atoms with van der Waals surface area (Å²) >= 11 is 0. The van der Waals surface area contributed by atoms with Crippen LogP contribution < -0.4 is 0 Å². The molecule has 1 amide bonds. The van der Waals surface area contributed by atoms with Crippen molar-refractivity contribution in [3.8, 4) is 11.1 Å². The summed E-state index contributed by atoms with van der Waals surface area (Å²) in [5.74, 6) is 0.353. The molecule has 1 N–H and O–H groups in total. The van der Waals surface area contributed by atoms with Crippen LogP contribution in [0.2, 0.25) is 0 Å². The molecular formula is C23H22N6O. The van der Waals surface area contributed by atoms with Gasteiger partial charge in [-0.05, 0) is 38.0 Å². The standard InChI is InChI=1S/C23H22N6O/c1-15-2-4-21-19(10-15)22(28-27-21)23(30)29-8-6-16(7-9-29)20-5-3-17(13-26-20)18-11-24-14-25-12-18/h2-5,10-14,16H,6-9H2,1H3,(H,27,28). The highest BCUT2D eigenvalue weighted by atomic mass is 16.2. The number of hydrogen-bond acceptors (Lipinski definition) is 5. The largest absolute Gasteiger partial charge is 0.337 e. The number of aromatic nitrogens is 5. The highest BCUT2D eigenvalue weighted by Gasteiger charge is 2.27. The molecule has 1 aromatic carbocycles. The van der Waals surface area contributed by atoms with Crippen LogP contribution in [0.15, 0.2) is 55.2 Å². The normalized spacial score (nSPS) is 14.9. The van der Waals surface area contributed by atoms with Gasteiger partial charge in [-0.3, -0.25) is 14.9 Å². The van der Waals surface area contributed by atoms with Crippen LogP contribution in [0.4, 0.5) is 0 Å². The molecule has 0 aliphatic carbocycles. The van der Waals surface area contributed by atoms with E-state index in [1.54, 1.807) is 12.4 Å². The number of rotatable bonds is 3. The van der Waals surface area contributed by atoms with Crippen LogP contribution in [0.5, 0.6) is 0 Å². The number of carbonyl (C=O) groups is 1. The number of benzene rings is 1. The number of aryl methyl sites for hydroxylation is 1. The molecule has 30 heavy (non-hydrogen) atoms. The fourth-order valence-corrected chi connectivity index (χ4v) is 4.08. The van der Waals surface area contributed by atoms with E-state index in [1.807, 2.05) is 36.2 Å². The van der Waals surface area contributed by atoms with E-state index in [2.05, 4.69) is 37.3 Å². The van der Waals surface area contributed by atoms with Crippen molar-refractivity contribution < 1.29 is 4.79 Å². The summed E-state index contributed by atoms with van der Waals surface area (Å²) in [6, 6.07) is 10.1. The molecule has 0 saturated carbocycles. The Morgan fingerprint density at radius 2 is 1.83 bits per heavy atom. The predicted molar refractivity (Wildman–Crippen MR) is 114 cm³/mol. The average molecular weight is 398 g/mol. The highest BCUT2D eigenvalue weighted by molar-refractivity contribution is 6.04. The third-order valence-electron chi connectivity index (χ3n) is 5.80. The van der Waals surface area contributed by atoms with E-state index < -0.39 is 0 Å². The van der Waals surface area contributed by atoms with Gasteiger partial charge in [0, 0.05) is 59.8 Å². The lowest BCUT2D eigenvalue weighted by Crippen LogP contribution is -2.38. The maximum atomic E-state index is 13.0. The predicted octanol–water partition coefficient (Wildman–Crippen LogP) is 3.74. The van der Waals surface area contributed by atoms with Gasteiger partial charge in [0.15, 0.2) is 5.69 Å². The van der Waals surface area contributed by atoms with E-state index in [1.165, 1.54) is 6.33 Å². The number of piperidine rings is 1. The third kappa shape index (κ3) is 3.43. The second-order valence-electron chi connectivity index (χ2n) is 7.79. The molecule has 3 aromatic heterocycles. The number of nitrogens with zero attached hydrogens (tertiary/aromatic N) is 5. The molecule has 1 aliphatic rings. The zero-order chi connectivity index (χ0) is 20.5. The SMILES string of the molecule is Cc1ccc2[nH]nc(C(=O)N3CCC(c4ccc(-c5cncnc5)cn4)CC3)c2c1. The zero-order valence-electron chi connectivity index (χ0n) is 16.7. The summed E-state index contributed by atoms with van der Waals surface area (Å²) < 4.78 is 0. The lowest BCUT2D eigenvalue weighted by molar-refractivity contribution is 0.0708. The van der Waals surface area contributed by atoms with Gasteiger partial charge in [-0.25, -0.2) is 9.97 Å². The number of H-pyrrole nitrogens is 1. The Kier molecular flexibility index (Phi) is 4.71. The van der Waals surface area contributed by atoms with Crippen LogP contribution >= 0.6 is 0 Å². The number of fused-ring (bicyclic) bond motifs is 1. The van der Waals surface area contributed by atoms with E-state index in [4.69, 9.17) is 0 Å². The van der Waals surface area contributed by atoms with Crippen LogP contribution in [0.25, 0.3) is 22.0 Å². The molecule has 1 fully saturated rings. The lowest BCUT2D eigenvalue weighted by atomic mass is 9.92. The molecule has 0 unspecified atom stereocenters. The van der Waals surface area contributed by atoms with E-state index in [-0.39, 0.29) is 5.91 Å². The van der Waals surface area contributed by atoms with Crippen molar-refractivity contribution in [2.75, 3.05) is 13.1 Å². The molecule has 1 saturated heterocycles. The first kappa shape index (κ1) is 18.4. The quantitative estimate of drug-likeness (QED) is 0.568. The molecule has 7 heteroatoms. The third-order valence-corrected chi connectivity index (χ3v) is 5.80. The Morgan fingerprint density at radius 3 is 2.57 bits per heavy atom. The van der Waals surface area contributed by atoms with Gasteiger partial charge in [-0.15, -0.1) is 0 Å². The number of likely N-dealkylation sites (tertiary alicyclic amines) is 1. The number of aromatic amines is 1. The molecule has 4 aromatic rings. The molecule has 0 spiro atoms. The second-order valence-corrected chi connectivity index (χ2v) is 7.79. The van der Waals surface area contributed by atoms with Gasteiger partial charge in [0.25, 0.3) is 5.91 Å². The van der Waals surface area contributed by atoms with Gasteiger partial charge in [-0.1, -0.05) is 17.7 Å². The fourth-order valence-electron chi connectivity index (χ4n) is 4.08. The highest BCUT2D eigenvalue weighted by Crippen LogP contribution is 2.29. The molecule has 0 radical (unpaired) electrons. The van der Waals surface area contributed by atoms with Gasteiger partial charge in [0.1, 0.15) is 6.33 Å². The van der Waals surface area contributed by atoms with Gasteiger partial charge in [0.05, 0.1) is 5.52 Å². The summed E-state index contributed by atoms with van der Waals surface area (Å²) in [7, 11) is 0. The number of amides is 1. The molecule has 150 valence electrons. The molecule has 5 rings (SSSR count). The zero-order valence-corrected chi connectivity index (χ0v) is 16.7. The van der Waals surface area contributed by atoms with Crippen molar-refractivity contribution in [1.29, 1.82) is 0 Å². The Balaban J connectivity index is 1.27. The first-order valence-corrected chi connectivity index (χ1v) is 10.1. The first-order valence-electron chi connectivity index (χ1n) is 10.1. The van der Waals surface area contributed by atoms with Crippen LogP contribution in [0.1, 0.15) is 40.5 Å². The summed E-state index contributed by atoms with van der Waals surface area (Å²) in [6.45, 7) is 3.44. The van der Waals surface area contributed by atoms with Crippen molar-refractivity contribution >= 4 is 16.8 Å². The molecular weight excluding hydrogens is 376 g/mol. The van der Waals surface area contributed by atoms with Crippen molar-refractivity contribution in [2.24, 2.45) is 0 Å². The summed E-state index contributed by atoms with van der Waals surface area (Å²) in [5.41, 5.74) is 5.56. The van der Waals surface area contributed by atoms with Gasteiger partial charge < -0.3 is 4.90 Å². The minimum atomic E-state index is -0.00214. The van der Waals surface area contributed by atoms with Crippen LogP contribution in [-0.4, -0.2) is 49.0 Å². The van der Waals surface area contributed by atoms with Crippen LogP contribution in [0, 0.1) is 6.92 Å². The Morgan fingerprint density at radius 1 is 1.03 bits per heavy atom. The monoisotopic (exact) mass is 398 g/mol. The molecule has 4 heterocycles. The summed E-state index contributed by atoms with van der Waals surface area (Å²) in [4.78, 5) is 27.7. The molecule has 1 aliphatic heterocycles. The molecule has 7 nitrogen and oxygen atoms in total.